The van der Waals surface area contributed by atoms with E-state index in [0.717, 1.165) is 12.8 Å². The van der Waals surface area contributed by atoms with Gasteiger partial charge in [-0.1, -0.05) is 64.7 Å². The summed E-state index contributed by atoms with van der Waals surface area (Å²) in [5.41, 5.74) is 0. The van der Waals surface area contributed by atoms with Gasteiger partial charge in [0.2, 0.25) is 12.2 Å². The smallest absolute Gasteiger partial charge is 0.230 e. The predicted octanol–water partition coefficient (Wildman–Crippen LogP) is 3.38. The molecule has 0 aromatic rings. The Morgan fingerprint density at radius 3 is 1.94 bits per heavy atom. The van der Waals surface area contributed by atoms with E-state index in [0.29, 0.717) is 6.42 Å². The van der Waals surface area contributed by atoms with Crippen LogP contribution in [0.1, 0.15) is 71.1 Å². The first-order valence-corrected chi connectivity index (χ1v) is 7.35. The molecule has 18 heavy (non-hydrogen) atoms. The molecule has 3 nitrogen and oxygen atoms in total. The summed E-state index contributed by atoms with van der Waals surface area (Å²) in [5, 5.41) is 2.50. The molecule has 1 amide bonds. The highest BCUT2D eigenvalue weighted by atomic mass is 16.2. The van der Waals surface area contributed by atoms with Crippen LogP contribution in [0.2, 0.25) is 0 Å². The standard InChI is InChI=1S/C15H28NO2/c1-3-4-5-6-7-8-9-10-11-12-14(13-17)15(18)16-2/h14H,3-12H2,1-2H3,(H,16,18). The molecule has 0 aliphatic carbocycles. The lowest BCUT2D eigenvalue weighted by Crippen LogP contribution is -2.28. The molecule has 0 aliphatic rings. The van der Waals surface area contributed by atoms with Gasteiger partial charge in [-0.05, 0) is 6.42 Å². The van der Waals surface area contributed by atoms with Crippen molar-refractivity contribution >= 4 is 12.2 Å². The molecule has 0 saturated heterocycles. The molecule has 0 spiro atoms. The molecule has 0 fully saturated rings. The normalized spacial score (nSPS) is 12.1. The number of rotatable bonds is 12. The van der Waals surface area contributed by atoms with Crippen molar-refractivity contribution < 1.29 is 9.59 Å². The lowest BCUT2D eigenvalue weighted by atomic mass is 10.0. The average molecular weight is 254 g/mol. The lowest BCUT2D eigenvalue weighted by molar-refractivity contribution is -0.122. The Morgan fingerprint density at radius 2 is 1.50 bits per heavy atom. The van der Waals surface area contributed by atoms with E-state index in [1.165, 1.54) is 44.9 Å². The number of amides is 1. The van der Waals surface area contributed by atoms with Crippen LogP contribution in [0, 0.1) is 5.92 Å². The van der Waals surface area contributed by atoms with E-state index in [9.17, 15) is 9.59 Å². The fraction of sp³-hybridized carbons (Fsp3) is 0.867. The van der Waals surface area contributed by atoms with Crippen LogP contribution >= 0.6 is 0 Å². The largest absolute Gasteiger partial charge is 0.359 e. The number of nitrogens with one attached hydrogen (secondary N) is 1. The minimum atomic E-state index is -0.570. The van der Waals surface area contributed by atoms with Gasteiger partial charge < -0.3 is 5.32 Å². The maximum atomic E-state index is 11.2. The molecule has 0 heterocycles. The van der Waals surface area contributed by atoms with E-state index >= 15 is 0 Å². The molecule has 0 aromatic carbocycles. The number of carbonyl (C=O) groups is 1. The SMILES string of the molecule is CCCCCCCCCCCC([C]=O)C(=O)NC. The van der Waals surface area contributed by atoms with Crippen molar-refractivity contribution in [2.45, 2.75) is 71.1 Å². The van der Waals surface area contributed by atoms with Crippen molar-refractivity contribution in [1.29, 1.82) is 0 Å². The van der Waals surface area contributed by atoms with Gasteiger partial charge in [-0.15, -0.1) is 0 Å². The predicted molar refractivity (Wildman–Crippen MR) is 75.1 cm³/mol. The Hall–Kier alpha value is -0.860. The summed E-state index contributed by atoms with van der Waals surface area (Å²) in [6, 6.07) is 0. The molecule has 1 N–H and O–H groups in total. The van der Waals surface area contributed by atoms with E-state index in [2.05, 4.69) is 12.2 Å². The molecule has 1 unspecified atom stereocenters. The molecule has 0 bridgehead atoms. The van der Waals surface area contributed by atoms with Gasteiger partial charge >= 0.3 is 0 Å². The summed E-state index contributed by atoms with van der Waals surface area (Å²) in [7, 11) is 1.56. The van der Waals surface area contributed by atoms with E-state index in [1.807, 2.05) is 6.29 Å². The van der Waals surface area contributed by atoms with Crippen LogP contribution in [-0.2, 0) is 9.59 Å². The van der Waals surface area contributed by atoms with Crippen LogP contribution in [-0.4, -0.2) is 19.2 Å². The monoisotopic (exact) mass is 254 g/mol. The topological polar surface area (TPSA) is 46.2 Å². The van der Waals surface area contributed by atoms with Gasteiger partial charge in [0.25, 0.3) is 0 Å². The highest BCUT2D eigenvalue weighted by Crippen LogP contribution is 2.12. The Labute approximate surface area is 112 Å². The summed E-state index contributed by atoms with van der Waals surface area (Å²) in [5.74, 6) is -0.774. The molecule has 105 valence electrons. The van der Waals surface area contributed by atoms with Crippen molar-refractivity contribution in [3.8, 4) is 0 Å². The molecule has 0 aliphatic heterocycles. The summed E-state index contributed by atoms with van der Waals surface area (Å²) < 4.78 is 0. The third kappa shape index (κ3) is 9.20. The zero-order valence-corrected chi connectivity index (χ0v) is 12.0. The van der Waals surface area contributed by atoms with Gasteiger partial charge in [-0.3, -0.25) is 9.59 Å². The molecule has 3 heteroatoms. The maximum Gasteiger partial charge on any atom is 0.230 e. The highest BCUT2D eigenvalue weighted by Gasteiger charge is 2.15. The third-order valence-corrected chi connectivity index (χ3v) is 3.30. The van der Waals surface area contributed by atoms with E-state index < -0.39 is 5.92 Å². The Balaban J connectivity index is 3.33. The van der Waals surface area contributed by atoms with Gasteiger partial charge in [-0.25, -0.2) is 0 Å². The molecule has 0 saturated carbocycles. The Morgan fingerprint density at radius 1 is 1.00 bits per heavy atom. The number of hydrogen-bond acceptors (Lipinski definition) is 2. The van der Waals surface area contributed by atoms with Crippen molar-refractivity contribution in [2.24, 2.45) is 5.92 Å². The van der Waals surface area contributed by atoms with Crippen LogP contribution in [0.25, 0.3) is 0 Å². The molecular weight excluding hydrogens is 226 g/mol. The first kappa shape index (κ1) is 17.1. The van der Waals surface area contributed by atoms with E-state index in [-0.39, 0.29) is 5.91 Å². The van der Waals surface area contributed by atoms with Crippen LogP contribution in [0.5, 0.6) is 0 Å². The summed E-state index contributed by atoms with van der Waals surface area (Å²) in [6.45, 7) is 2.23. The minimum Gasteiger partial charge on any atom is -0.359 e. The third-order valence-electron chi connectivity index (χ3n) is 3.30. The van der Waals surface area contributed by atoms with Gasteiger partial charge in [-0.2, -0.15) is 0 Å². The van der Waals surface area contributed by atoms with Gasteiger partial charge in [0, 0.05) is 7.05 Å². The fourth-order valence-electron chi connectivity index (χ4n) is 2.08. The van der Waals surface area contributed by atoms with Crippen LogP contribution in [0.4, 0.5) is 0 Å². The zero-order chi connectivity index (χ0) is 13.6. The fourth-order valence-corrected chi connectivity index (χ4v) is 2.08. The summed E-state index contributed by atoms with van der Waals surface area (Å²) in [4.78, 5) is 21.8. The Kier molecular flexibility index (Phi) is 12.0. The second kappa shape index (κ2) is 12.6. The second-order valence-electron chi connectivity index (χ2n) is 4.90. The molecule has 1 atom stereocenters. The van der Waals surface area contributed by atoms with E-state index in [1.54, 1.807) is 7.05 Å². The molecule has 0 rings (SSSR count). The maximum absolute atomic E-state index is 11.2. The average Bonchev–Trinajstić information content (AvgIpc) is 2.40. The number of unbranched alkanes of at least 4 members (excludes halogenated alkanes) is 8. The Bertz CT molecular complexity index is 217. The molecule has 1 radical (unpaired) electrons. The molecular formula is C15H28NO2. The summed E-state index contributed by atoms with van der Waals surface area (Å²) in [6.07, 6.45) is 13.7. The van der Waals surface area contributed by atoms with Crippen molar-refractivity contribution in [1.82, 2.24) is 5.32 Å². The first-order valence-electron chi connectivity index (χ1n) is 7.35. The quantitative estimate of drug-likeness (QED) is 0.428. The van der Waals surface area contributed by atoms with Crippen LogP contribution in [0.15, 0.2) is 0 Å². The van der Waals surface area contributed by atoms with Crippen molar-refractivity contribution in [3.05, 3.63) is 0 Å². The summed E-state index contributed by atoms with van der Waals surface area (Å²) >= 11 is 0. The van der Waals surface area contributed by atoms with Crippen molar-refractivity contribution in [3.63, 3.8) is 0 Å². The lowest BCUT2D eigenvalue weighted by Gasteiger charge is -2.07. The van der Waals surface area contributed by atoms with Crippen molar-refractivity contribution in [2.75, 3.05) is 7.05 Å². The second-order valence-corrected chi connectivity index (χ2v) is 4.90. The van der Waals surface area contributed by atoms with Gasteiger partial charge in [0.05, 0.1) is 0 Å². The number of hydrogen-bond donors (Lipinski definition) is 1. The van der Waals surface area contributed by atoms with Crippen LogP contribution in [0.3, 0.4) is 0 Å². The zero-order valence-electron chi connectivity index (χ0n) is 12.0. The van der Waals surface area contributed by atoms with E-state index in [4.69, 9.17) is 0 Å². The van der Waals surface area contributed by atoms with Gasteiger partial charge in [0.1, 0.15) is 5.92 Å². The first-order chi connectivity index (χ1) is 8.76. The van der Waals surface area contributed by atoms with Crippen LogP contribution < -0.4 is 5.32 Å². The van der Waals surface area contributed by atoms with Gasteiger partial charge in [0.15, 0.2) is 0 Å². The number of carbonyl (C=O) groups excluding carboxylic acids is 2. The minimum absolute atomic E-state index is 0.204. The highest BCUT2D eigenvalue weighted by molar-refractivity contribution is 5.91. The molecule has 0 aromatic heterocycles.